The van der Waals surface area contributed by atoms with Crippen molar-refractivity contribution >= 4 is 22.4 Å². The molecule has 0 fully saturated rings. The van der Waals surface area contributed by atoms with Crippen LogP contribution in [0.2, 0.25) is 0 Å². The van der Waals surface area contributed by atoms with Crippen molar-refractivity contribution in [2.45, 2.75) is 6.18 Å². The first-order chi connectivity index (χ1) is 14.7. The van der Waals surface area contributed by atoms with Gasteiger partial charge in [0.2, 0.25) is 5.75 Å². The number of benzene rings is 2. The largest absolute Gasteiger partial charge is 0.493 e. The van der Waals surface area contributed by atoms with Crippen LogP contribution in [-0.4, -0.2) is 32.2 Å². The summed E-state index contributed by atoms with van der Waals surface area (Å²) >= 11 is 1.05. The molecule has 0 bridgehead atoms. The second-order valence-electron chi connectivity index (χ2n) is 6.13. The number of carbonyl (C=O) groups excluding carboxylic acids is 1. The van der Waals surface area contributed by atoms with Gasteiger partial charge in [0.25, 0.3) is 5.91 Å². The number of alkyl halides is 3. The molecule has 0 aliphatic heterocycles. The Morgan fingerprint density at radius 2 is 1.65 bits per heavy atom. The molecule has 0 unspecified atom stereocenters. The molecule has 3 aromatic rings. The Labute approximate surface area is 178 Å². The highest BCUT2D eigenvalue weighted by Gasteiger charge is 2.32. The zero-order chi connectivity index (χ0) is 22.8. The summed E-state index contributed by atoms with van der Waals surface area (Å²) in [5.41, 5.74) is -0.683. The number of amides is 1. The number of aromatic nitrogens is 1. The smallest absolute Gasteiger partial charge is 0.416 e. The minimum atomic E-state index is -4.78. The van der Waals surface area contributed by atoms with Gasteiger partial charge < -0.3 is 14.2 Å². The van der Waals surface area contributed by atoms with Crippen molar-refractivity contribution in [2.24, 2.45) is 0 Å². The zero-order valence-electron chi connectivity index (χ0n) is 16.5. The molecule has 0 saturated carbocycles. The summed E-state index contributed by atoms with van der Waals surface area (Å²) in [5, 5.41) is 4.13. The third-order valence-electron chi connectivity index (χ3n) is 4.17. The Hall–Kier alpha value is -3.34. The molecule has 1 aromatic heterocycles. The van der Waals surface area contributed by atoms with Gasteiger partial charge in [-0.15, -0.1) is 11.3 Å². The molecule has 31 heavy (non-hydrogen) atoms. The average Bonchev–Trinajstić information content (AvgIpc) is 3.19. The summed E-state index contributed by atoms with van der Waals surface area (Å²) in [6.07, 6.45) is -4.78. The molecule has 3 rings (SSSR count). The summed E-state index contributed by atoms with van der Waals surface area (Å²) in [6.45, 7) is 0. The molecule has 1 N–H and O–H groups in total. The Morgan fingerprint density at radius 3 is 2.19 bits per heavy atom. The van der Waals surface area contributed by atoms with Crippen molar-refractivity contribution < 1.29 is 36.6 Å². The molecule has 0 aliphatic carbocycles. The number of hydrogen-bond acceptors (Lipinski definition) is 6. The van der Waals surface area contributed by atoms with Gasteiger partial charge in [-0.2, -0.15) is 13.2 Å². The minimum absolute atomic E-state index is 0.117. The molecule has 6 nitrogen and oxygen atoms in total. The third-order valence-corrected chi connectivity index (χ3v) is 4.93. The molecular formula is C20H16F4N2O4S. The molecule has 164 valence electrons. The van der Waals surface area contributed by atoms with Crippen LogP contribution in [0.3, 0.4) is 0 Å². The maximum absolute atomic E-state index is 13.6. The van der Waals surface area contributed by atoms with Crippen molar-refractivity contribution in [1.29, 1.82) is 0 Å². The predicted molar refractivity (Wildman–Crippen MR) is 107 cm³/mol. The molecule has 1 amide bonds. The van der Waals surface area contributed by atoms with Gasteiger partial charge in [0.05, 0.1) is 32.6 Å². The average molecular weight is 456 g/mol. The minimum Gasteiger partial charge on any atom is -0.493 e. The van der Waals surface area contributed by atoms with Crippen LogP contribution >= 0.6 is 11.3 Å². The van der Waals surface area contributed by atoms with E-state index in [9.17, 15) is 22.4 Å². The number of nitrogens with zero attached hydrogens (tertiary/aromatic N) is 1. The third kappa shape index (κ3) is 4.88. The monoisotopic (exact) mass is 456 g/mol. The number of methoxy groups -OCH3 is 3. The number of nitrogens with one attached hydrogen (secondary N) is 1. The van der Waals surface area contributed by atoms with Gasteiger partial charge in [-0.3, -0.25) is 10.1 Å². The van der Waals surface area contributed by atoms with E-state index in [0.29, 0.717) is 40.6 Å². The maximum Gasteiger partial charge on any atom is 0.416 e. The Balaban J connectivity index is 1.87. The first kappa shape index (κ1) is 22.3. The lowest BCUT2D eigenvalue weighted by atomic mass is 10.1. The van der Waals surface area contributed by atoms with Crippen LogP contribution in [0.1, 0.15) is 15.9 Å². The number of rotatable bonds is 6. The van der Waals surface area contributed by atoms with Crippen molar-refractivity contribution in [3.05, 3.63) is 52.7 Å². The molecule has 0 saturated heterocycles. The van der Waals surface area contributed by atoms with E-state index in [4.69, 9.17) is 14.2 Å². The van der Waals surface area contributed by atoms with E-state index < -0.39 is 29.0 Å². The van der Waals surface area contributed by atoms with Gasteiger partial charge in [0, 0.05) is 16.5 Å². The highest BCUT2D eigenvalue weighted by Crippen LogP contribution is 2.41. The summed E-state index contributed by atoms with van der Waals surface area (Å²) < 4.78 is 68.0. The SMILES string of the molecule is COc1cc(-c2csc(NC(=O)c3cc(F)cc(C(F)(F)F)c3)n2)cc(OC)c1OC. The van der Waals surface area contributed by atoms with Gasteiger partial charge in [0.1, 0.15) is 5.82 Å². The fourth-order valence-electron chi connectivity index (χ4n) is 2.75. The second kappa shape index (κ2) is 8.80. The number of carbonyl (C=O) groups is 1. The molecule has 0 spiro atoms. The Morgan fingerprint density at radius 1 is 1.00 bits per heavy atom. The van der Waals surface area contributed by atoms with Crippen LogP contribution in [-0.2, 0) is 6.18 Å². The highest BCUT2D eigenvalue weighted by molar-refractivity contribution is 7.14. The molecule has 0 radical (unpaired) electrons. The summed E-state index contributed by atoms with van der Waals surface area (Å²) in [6, 6.07) is 4.93. The maximum atomic E-state index is 13.6. The molecule has 2 aromatic carbocycles. The van der Waals surface area contributed by atoms with E-state index in [2.05, 4.69) is 10.3 Å². The van der Waals surface area contributed by atoms with Gasteiger partial charge >= 0.3 is 6.18 Å². The fourth-order valence-corrected chi connectivity index (χ4v) is 3.46. The molecule has 0 atom stereocenters. The first-order valence-corrected chi connectivity index (χ1v) is 9.49. The van der Waals surface area contributed by atoms with Gasteiger partial charge in [-0.05, 0) is 30.3 Å². The molecule has 1 heterocycles. The van der Waals surface area contributed by atoms with Crippen molar-refractivity contribution in [2.75, 3.05) is 26.6 Å². The van der Waals surface area contributed by atoms with Crippen LogP contribution in [0.15, 0.2) is 35.7 Å². The Bertz CT molecular complexity index is 1090. The van der Waals surface area contributed by atoms with Gasteiger partial charge in [-0.1, -0.05) is 0 Å². The molecular weight excluding hydrogens is 440 g/mol. The van der Waals surface area contributed by atoms with E-state index in [-0.39, 0.29) is 5.13 Å². The summed E-state index contributed by atoms with van der Waals surface area (Å²) in [4.78, 5) is 16.6. The Kier molecular flexibility index (Phi) is 6.34. The number of ether oxygens (including phenoxy) is 3. The summed E-state index contributed by atoms with van der Waals surface area (Å²) in [5.74, 6) is -0.901. The number of halogens is 4. The van der Waals surface area contributed by atoms with Crippen LogP contribution in [0, 0.1) is 5.82 Å². The van der Waals surface area contributed by atoms with Crippen molar-refractivity contribution in [1.82, 2.24) is 4.98 Å². The number of hydrogen-bond donors (Lipinski definition) is 1. The van der Waals surface area contributed by atoms with Gasteiger partial charge in [-0.25, -0.2) is 9.37 Å². The summed E-state index contributed by atoms with van der Waals surface area (Å²) in [7, 11) is 4.39. The lowest BCUT2D eigenvalue weighted by Crippen LogP contribution is -2.14. The van der Waals surface area contributed by atoms with Crippen LogP contribution in [0.4, 0.5) is 22.7 Å². The highest BCUT2D eigenvalue weighted by atomic mass is 32.1. The van der Waals surface area contributed by atoms with E-state index in [0.717, 1.165) is 17.4 Å². The van der Waals surface area contributed by atoms with E-state index in [1.165, 1.54) is 21.3 Å². The molecule has 0 aliphatic rings. The first-order valence-electron chi connectivity index (χ1n) is 8.61. The van der Waals surface area contributed by atoms with Gasteiger partial charge in [0.15, 0.2) is 16.6 Å². The lowest BCUT2D eigenvalue weighted by Gasteiger charge is -2.13. The topological polar surface area (TPSA) is 69.7 Å². The number of anilines is 1. The predicted octanol–water partition coefficient (Wildman–Crippen LogP) is 5.25. The fraction of sp³-hybridized carbons (Fsp3) is 0.200. The van der Waals surface area contributed by atoms with E-state index in [1.54, 1.807) is 17.5 Å². The van der Waals surface area contributed by atoms with Crippen molar-refractivity contribution in [3.63, 3.8) is 0 Å². The van der Waals surface area contributed by atoms with E-state index >= 15 is 0 Å². The van der Waals surface area contributed by atoms with Crippen LogP contribution in [0.5, 0.6) is 17.2 Å². The zero-order valence-corrected chi connectivity index (χ0v) is 17.3. The second-order valence-corrected chi connectivity index (χ2v) is 6.99. The normalized spacial score (nSPS) is 11.2. The quantitative estimate of drug-likeness (QED) is 0.514. The lowest BCUT2D eigenvalue weighted by molar-refractivity contribution is -0.137. The van der Waals surface area contributed by atoms with Crippen molar-refractivity contribution in [3.8, 4) is 28.5 Å². The molecule has 11 heteroatoms. The van der Waals surface area contributed by atoms with Crippen LogP contribution < -0.4 is 19.5 Å². The standard InChI is InChI=1S/C20H16F4N2O4S/c1-28-15-6-10(7-16(29-2)17(15)30-3)14-9-31-19(25-14)26-18(27)11-4-12(20(22,23)24)8-13(21)5-11/h4-9H,1-3H3,(H,25,26,27). The van der Waals surface area contributed by atoms with Crippen LogP contribution in [0.25, 0.3) is 11.3 Å². The van der Waals surface area contributed by atoms with E-state index in [1.807, 2.05) is 0 Å². The number of thiazole rings is 1.